The maximum Gasteiger partial charge on any atom is 0.192 e. The fourth-order valence-electron chi connectivity index (χ4n) is 2.94. The van der Waals surface area contributed by atoms with Crippen LogP contribution in [0.3, 0.4) is 0 Å². The molecule has 2 aromatic rings. The van der Waals surface area contributed by atoms with Gasteiger partial charge in [0.2, 0.25) is 0 Å². The van der Waals surface area contributed by atoms with Crippen molar-refractivity contribution in [1.82, 2.24) is 25.4 Å². The molecule has 148 valence electrons. The Kier molecular flexibility index (Phi) is 8.40. The molecular formula is C19H29IN6S. The Morgan fingerprint density at radius 3 is 2.67 bits per heavy atom. The SMILES string of the molecule is Cc1nnc(CNC(=NCc2ccccc2)NCC2(C)CCCS2)n1C.I. The molecule has 1 fully saturated rings. The predicted octanol–water partition coefficient (Wildman–Crippen LogP) is 3.26. The van der Waals surface area contributed by atoms with Gasteiger partial charge in [-0.05, 0) is 38.0 Å². The van der Waals surface area contributed by atoms with Crippen molar-refractivity contribution in [3.63, 3.8) is 0 Å². The van der Waals surface area contributed by atoms with Crippen LogP contribution < -0.4 is 10.6 Å². The number of nitrogens with one attached hydrogen (secondary N) is 2. The summed E-state index contributed by atoms with van der Waals surface area (Å²) in [6.07, 6.45) is 2.55. The van der Waals surface area contributed by atoms with E-state index in [9.17, 15) is 0 Å². The van der Waals surface area contributed by atoms with E-state index in [1.54, 1.807) is 0 Å². The molecule has 0 aliphatic carbocycles. The van der Waals surface area contributed by atoms with E-state index < -0.39 is 0 Å². The van der Waals surface area contributed by atoms with Crippen LogP contribution in [0.5, 0.6) is 0 Å². The number of rotatable bonds is 6. The first-order valence-corrected chi connectivity index (χ1v) is 10.1. The number of benzene rings is 1. The summed E-state index contributed by atoms with van der Waals surface area (Å²) in [5.41, 5.74) is 1.20. The molecule has 6 nitrogen and oxygen atoms in total. The second-order valence-electron chi connectivity index (χ2n) is 6.98. The number of thioether (sulfide) groups is 1. The van der Waals surface area contributed by atoms with Crippen molar-refractivity contribution >= 4 is 41.7 Å². The molecule has 27 heavy (non-hydrogen) atoms. The average Bonchev–Trinajstić information content (AvgIpc) is 3.22. The molecule has 1 atom stereocenters. The summed E-state index contributed by atoms with van der Waals surface area (Å²) in [7, 11) is 1.98. The Hall–Kier alpha value is -1.29. The first-order chi connectivity index (χ1) is 12.6. The van der Waals surface area contributed by atoms with Crippen LogP contribution in [0.1, 0.15) is 37.0 Å². The van der Waals surface area contributed by atoms with Gasteiger partial charge in [0.15, 0.2) is 11.8 Å². The Labute approximate surface area is 183 Å². The first-order valence-electron chi connectivity index (χ1n) is 9.11. The lowest BCUT2D eigenvalue weighted by Crippen LogP contribution is -2.43. The van der Waals surface area contributed by atoms with Crippen molar-refractivity contribution in [2.45, 2.75) is 44.5 Å². The first kappa shape index (κ1) is 22.0. The molecule has 2 N–H and O–H groups in total. The van der Waals surface area contributed by atoms with E-state index in [2.05, 4.69) is 39.9 Å². The van der Waals surface area contributed by atoms with Crippen LogP contribution in [-0.2, 0) is 20.1 Å². The number of hydrogen-bond acceptors (Lipinski definition) is 4. The topological polar surface area (TPSA) is 67.1 Å². The number of aromatic nitrogens is 3. The van der Waals surface area contributed by atoms with E-state index >= 15 is 0 Å². The van der Waals surface area contributed by atoms with Crippen LogP contribution in [0.25, 0.3) is 0 Å². The van der Waals surface area contributed by atoms with Crippen molar-refractivity contribution in [2.75, 3.05) is 12.3 Å². The van der Waals surface area contributed by atoms with Crippen LogP contribution in [0.15, 0.2) is 35.3 Å². The quantitative estimate of drug-likeness (QED) is 0.362. The van der Waals surface area contributed by atoms with Gasteiger partial charge in [0, 0.05) is 18.3 Å². The van der Waals surface area contributed by atoms with Crippen molar-refractivity contribution in [2.24, 2.45) is 12.0 Å². The van der Waals surface area contributed by atoms with Crippen LogP contribution in [0.4, 0.5) is 0 Å². The molecule has 1 aliphatic heterocycles. The highest BCUT2D eigenvalue weighted by atomic mass is 127. The molecule has 0 radical (unpaired) electrons. The largest absolute Gasteiger partial charge is 0.355 e. The second-order valence-corrected chi connectivity index (χ2v) is 8.66. The van der Waals surface area contributed by atoms with E-state index in [-0.39, 0.29) is 28.7 Å². The molecule has 1 aromatic heterocycles. The Bertz CT molecular complexity index is 740. The summed E-state index contributed by atoms with van der Waals surface area (Å²) in [6.45, 7) is 6.45. The van der Waals surface area contributed by atoms with Crippen LogP contribution >= 0.6 is 35.7 Å². The van der Waals surface area contributed by atoms with E-state index in [0.29, 0.717) is 13.1 Å². The Morgan fingerprint density at radius 2 is 2.04 bits per heavy atom. The molecule has 1 aromatic carbocycles. The maximum absolute atomic E-state index is 4.77. The zero-order chi connectivity index (χ0) is 18.4. The van der Waals surface area contributed by atoms with Crippen LogP contribution in [0, 0.1) is 6.92 Å². The third-order valence-corrected chi connectivity index (χ3v) is 6.33. The minimum atomic E-state index is 0. The lowest BCUT2D eigenvalue weighted by atomic mass is 10.1. The Morgan fingerprint density at radius 1 is 1.26 bits per heavy atom. The number of halogens is 1. The van der Waals surface area contributed by atoms with E-state index in [1.807, 2.05) is 48.5 Å². The number of aryl methyl sites for hydroxylation is 1. The van der Waals surface area contributed by atoms with Gasteiger partial charge in [-0.3, -0.25) is 0 Å². The van der Waals surface area contributed by atoms with E-state index in [1.165, 1.54) is 24.2 Å². The van der Waals surface area contributed by atoms with Gasteiger partial charge in [0.05, 0.1) is 13.1 Å². The normalized spacial score (nSPS) is 19.6. The van der Waals surface area contributed by atoms with Crippen molar-refractivity contribution in [3.8, 4) is 0 Å². The van der Waals surface area contributed by atoms with Crippen LogP contribution in [-0.4, -0.2) is 37.8 Å². The number of aliphatic imine (C=N–C) groups is 1. The smallest absolute Gasteiger partial charge is 0.192 e. The van der Waals surface area contributed by atoms with Crippen molar-refractivity contribution in [1.29, 1.82) is 0 Å². The summed E-state index contributed by atoms with van der Waals surface area (Å²) in [4.78, 5) is 4.77. The minimum Gasteiger partial charge on any atom is -0.355 e. The van der Waals surface area contributed by atoms with E-state index in [4.69, 9.17) is 4.99 Å². The zero-order valence-electron chi connectivity index (χ0n) is 16.2. The van der Waals surface area contributed by atoms with Gasteiger partial charge in [-0.2, -0.15) is 11.8 Å². The third-order valence-electron chi connectivity index (χ3n) is 4.79. The minimum absolute atomic E-state index is 0. The molecular weight excluding hydrogens is 471 g/mol. The molecule has 3 rings (SSSR count). The van der Waals surface area contributed by atoms with Gasteiger partial charge in [0.1, 0.15) is 5.82 Å². The van der Waals surface area contributed by atoms with E-state index in [0.717, 1.165) is 24.2 Å². The van der Waals surface area contributed by atoms with Gasteiger partial charge in [0.25, 0.3) is 0 Å². The molecule has 0 bridgehead atoms. The van der Waals surface area contributed by atoms with Crippen molar-refractivity contribution in [3.05, 3.63) is 47.5 Å². The lowest BCUT2D eigenvalue weighted by molar-refractivity contribution is 0.582. The number of guanidine groups is 1. The molecule has 1 unspecified atom stereocenters. The average molecular weight is 500 g/mol. The molecule has 0 saturated carbocycles. The summed E-state index contributed by atoms with van der Waals surface area (Å²) < 4.78 is 2.28. The maximum atomic E-state index is 4.77. The monoisotopic (exact) mass is 500 g/mol. The van der Waals surface area contributed by atoms with Gasteiger partial charge in [-0.25, -0.2) is 4.99 Å². The molecule has 1 saturated heterocycles. The fourth-order valence-corrected chi connectivity index (χ4v) is 4.19. The summed E-state index contributed by atoms with van der Waals surface area (Å²) in [5, 5.41) is 15.3. The lowest BCUT2D eigenvalue weighted by Gasteiger charge is -2.24. The zero-order valence-corrected chi connectivity index (χ0v) is 19.4. The highest BCUT2D eigenvalue weighted by Gasteiger charge is 2.29. The Balaban J connectivity index is 0.00000261. The van der Waals surface area contributed by atoms with Crippen molar-refractivity contribution < 1.29 is 0 Å². The van der Waals surface area contributed by atoms with Gasteiger partial charge in [-0.1, -0.05) is 30.3 Å². The highest BCUT2D eigenvalue weighted by Crippen LogP contribution is 2.36. The van der Waals surface area contributed by atoms with Gasteiger partial charge in [-0.15, -0.1) is 34.2 Å². The highest BCUT2D eigenvalue weighted by molar-refractivity contribution is 14.0. The molecule has 0 amide bonds. The standard InChI is InChI=1S/C19H28N6S.HI/c1-15-23-24-17(25(15)3)13-21-18(20-12-16-8-5-4-6-9-16)22-14-19(2)10-7-11-26-19;/h4-6,8-9H,7,10-14H2,1-3H3,(H2,20,21,22);1H. The number of nitrogens with zero attached hydrogens (tertiary/aromatic N) is 4. The fraction of sp³-hybridized carbons (Fsp3) is 0.526. The molecule has 0 spiro atoms. The summed E-state index contributed by atoms with van der Waals surface area (Å²) >= 11 is 2.05. The molecule has 2 heterocycles. The molecule has 1 aliphatic rings. The second kappa shape index (κ2) is 10.3. The van der Waals surface area contributed by atoms with Gasteiger partial charge >= 0.3 is 0 Å². The predicted molar refractivity (Wildman–Crippen MR) is 124 cm³/mol. The summed E-state index contributed by atoms with van der Waals surface area (Å²) in [6, 6.07) is 10.3. The summed E-state index contributed by atoms with van der Waals surface area (Å²) in [5.74, 6) is 3.88. The van der Waals surface area contributed by atoms with Gasteiger partial charge < -0.3 is 15.2 Å². The third kappa shape index (κ3) is 6.38. The molecule has 8 heteroatoms. The van der Waals surface area contributed by atoms with Crippen LogP contribution in [0.2, 0.25) is 0 Å². The number of hydrogen-bond donors (Lipinski definition) is 2.